The lowest BCUT2D eigenvalue weighted by Crippen LogP contribution is -2.03. The highest BCUT2D eigenvalue weighted by molar-refractivity contribution is 5.93. The van der Waals surface area contributed by atoms with E-state index < -0.39 is 0 Å². The standard InChI is InChI=1S/C15H17N5/c1-10-7-15(17-9-12-5-6-20(2)19-12)13-8-11(16)3-4-14(13)18-10/h3-8H,9,16H2,1-2H3,(H,17,18). The van der Waals surface area contributed by atoms with E-state index >= 15 is 0 Å². The number of nitrogens with one attached hydrogen (secondary N) is 1. The van der Waals surface area contributed by atoms with E-state index in [-0.39, 0.29) is 0 Å². The molecule has 0 spiro atoms. The first-order chi connectivity index (χ1) is 9.61. The zero-order valence-corrected chi connectivity index (χ0v) is 11.6. The fourth-order valence-electron chi connectivity index (χ4n) is 2.27. The van der Waals surface area contributed by atoms with Gasteiger partial charge < -0.3 is 11.1 Å². The zero-order chi connectivity index (χ0) is 14.1. The number of anilines is 2. The van der Waals surface area contributed by atoms with Crippen molar-refractivity contribution in [2.24, 2.45) is 7.05 Å². The second-order valence-electron chi connectivity index (χ2n) is 4.92. The summed E-state index contributed by atoms with van der Waals surface area (Å²) in [6.45, 7) is 2.66. The van der Waals surface area contributed by atoms with Gasteiger partial charge in [-0.3, -0.25) is 9.67 Å². The van der Waals surface area contributed by atoms with Crippen molar-refractivity contribution in [1.82, 2.24) is 14.8 Å². The summed E-state index contributed by atoms with van der Waals surface area (Å²) in [5, 5.41) is 8.81. The van der Waals surface area contributed by atoms with E-state index in [1.54, 1.807) is 4.68 Å². The lowest BCUT2D eigenvalue weighted by Gasteiger charge is -2.10. The molecule has 2 heterocycles. The minimum absolute atomic E-state index is 0.675. The number of rotatable bonds is 3. The summed E-state index contributed by atoms with van der Waals surface area (Å²) in [6.07, 6.45) is 1.94. The van der Waals surface area contributed by atoms with Crippen LogP contribution in [0.5, 0.6) is 0 Å². The Bertz CT molecular complexity index is 760. The van der Waals surface area contributed by atoms with Gasteiger partial charge in [0.1, 0.15) is 0 Å². The van der Waals surface area contributed by atoms with E-state index in [2.05, 4.69) is 15.4 Å². The van der Waals surface area contributed by atoms with Gasteiger partial charge in [0.05, 0.1) is 17.8 Å². The predicted molar refractivity (Wildman–Crippen MR) is 81.4 cm³/mol. The Balaban J connectivity index is 1.95. The smallest absolute Gasteiger partial charge is 0.0815 e. The molecular formula is C15H17N5. The molecule has 0 aliphatic carbocycles. The van der Waals surface area contributed by atoms with Gasteiger partial charge in [-0.2, -0.15) is 5.10 Å². The van der Waals surface area contributed by atoms with Crippen molar-refractivity contribution in [2.75, 3.05) is 11.1 Å². The summed E-state index contributed by atoms with van der Waals surface area (Å²) < 4.78 is 1.80. The number of nitrogens with two attached hydrogens (primary N) is 1. The van der Waals surface area contributed by atoms with Crippen LogP contribution >= 0.6 is 0 Å². The van der Waals surface area contributed by atoms with Gasteiger partial charge in [0.2, 0.25) is 0 Å². The van der Waals surface area contributed by atoms with Crippen LogP contribution in [0.4, 0.5) is 11.4 Å². The summed E-state index contributed by atoms with van der Waals surface area (Å²) in [7, 11) is 1.91. The van der Waals surface area contributed by atoms with E-state index in [0.717, 1.165) is 33.7 Å². The lowest BCUT2D eigenvalue weighted by atomic mass is 10.1. The Labute approximate surface area is 117 Å². The minimum atomic E-state index is 0.675. The largest absolute Gasteiger partial charge is 0.399 e. The first kappa shape index (κ1) is 12.5. The average molecular weight is 267 g/mol. The van der Waals surface area contributed by atoms with Crippen LogP contribution in [0.2, 0.25) is 0 Å². The number of benzene rings is 1. The number of nitrogens with zero attached hydrogens (tertiary/aromatic N) is 3. The number of pyridine rings is 1. The van der Waals surface area contributed by atoms with Gasteiger partial charge in [-0.05, 0) is 37.3 Å². The molecule has 0 saturated carbocycles. The molecule has 0 aliphatic rings. The Morgan fingerprint density at radius 1 is 1.25 bits per heavy atom. The maximum atomic E-state index is 5.87. The molecule has 0 aliphatic heterocycles. The van der Waals surface area contributed by atoms with Crippen molar-refractivity contribution < 1.29 is 0 Å². The number of fused-ring (bicyclic) bond motifs is 1. The highest BCUT2D eigenvalue weighted by Crippen LogP contribution is 2.25. The minimum Gasteiger partial charge on any atom is -0.399 e. The van der Waals surface area contributed by atoms with Gasteiger partial charge in [0, 0.05) is 35.7 Å². The molecule has 0 fully saturated rings. The van der Waals surface area contributed by atoms with Gasteiger partial charge in [-0.25, -0.2) is 0 Å². The van der Waals surface area contributed by atoms with Crippen molar-refractivity contribution >= 4 is 22.3 Å². The van der Waals surface area contributed by atoms with Crippen LogP contribution in [0, 0.1) is 6.92 Å². The van der Waals surface area contributed by atoms with Gasteiger partial charge in [0.15, 0.2) is 0 Å². The quantitative estimate of drug-likeness (QED) is 0.715. The molecule has 20 heavy (non-hydrogen) atoms. The highest BCUT2D eigenvalue weighted by Gasteiger charge is 2.05. The first-order valence-electron chi connectivity index (χ1n) is 6.51. The van der Waals surface area contributed by atoms with E-state index in [1.165, 1.54) is 0 Å². The summed E-state index contributed by atoms with van der Waals surface area (Å²) in [6, 6.07) is 9.80. The molecule has 3 aromatic rings. The number of nitrogen functional groups attached to an aromatic ring is 1. The topological polar surface area (TPSA) is 68.8 Å². The summed E-state index contributed by atoms with van der Waals surface area (Å²) in [5.41, 5.74) is 10.6. The number of hydrogen-bond acceptors (Lipinski definition) is 4. The van der Waals surface area contributed by atoms with Crippen molar-refractivity contribution in [3.63, 3.8) is 0 Å². The summed E-state index contributed by atoms with van der Waals surface area (Å²) in [4.78, 5) is 4.52. The molecular weight excluding hydrogens is 250 g/mol. The lowest BCUT2D eigenvalue weighted by molar-refractivity contribution is 0.747. The zero-order valence-electron chi connectivity index (χ0n) is 11.6. The highest BCUT2D eigenvalue weighted by atomic mass is 15.3. The third-order valence-electron chi connectivity index (χ3n) is 3.19. The van der Waals surface area contributed by atoms with E-state index in [4.69, 9.17) is 5.73 Å². The van der Waals surface area contributed by atoms with Crippen LogP contribution in [0.1, 0.15) is 11.4 Å². The Kier molecular flexibility index (Phi) is 3.02. The SMILES string of the molecule is Cc1cc(NCc2ccn(C)n2)c2cc(N)ccc2n1. The second-order valence-corrected chi connectivity index (χ2v) is 4.92. The molecule has 102 valence electrons. The fourth-order valence-corrected chi connectivity index (χ4v) is 2.27. The molecule has 0 radical (unpaired) electrons. The van der Waals surface area contributed by atoms with Crippen LogP contribution in [0.25, 0.3) is 10.9 Å². The fraction of sp³-hybridized carbons (Fsp3) is 0.200. The van der Waals surface area contributed by atoms with Crippen molar-refractivity contribution in [3.8, 4) is 0 Å². The molecule has 2 aromatic heterocycles. The Hall–Kier alpha value is -2.56. The van der Waals surface area contributed by atoms with Gasteiger partial charge >= 0.3 is 0 Å². The molecule has 5 nitrogen and oxygen atoms in total. The molecule has 0 unspecified atom stereocenters. The molecule has 5 heteroatoms. The van der Waals surface area contributed by atoms with Crippen LogP contribution in [-0.4, -0.2) is 14.8 Å². The number of aromatic nitrogens is 3. The van der Waals surface area contributed by atoms with Gasteiger partial charge in [-0.15, -0.1) is 0 Å². The Morgan fingerprint density at radius 3 is 2.85 bits per heavy atom. The van der Waals surface area contributed by atoms with E-state index in [9.17, 15) is 0 Å². The average Bonchev–Trinajstić information content (AvgIpc) is 2.82. The van der Waals surface area contributed by atoms with E-state index in [1.807, 2.05) is 50.5 Å². The first-order valence-corrected chi connectivity index (χ1v) is 6.51. The molecule has 0 amide bonds. The van der Waals surface area contributed by atoms with Gasteiger partial charge in [-0.1, -0.05) is 0 Å². The summed E-state index contributed by atoms with van der Waals surface area (Å²) in [5.74, 6) is 0. The normalized spacial score (nSPS) is 10.9. The maximum absolute atomic E-state index is 5.87. The molecule has 0 saturated heterocycles. The third-order valence-corrected chi connectivity index (χ3v) is 3.19. The van der Waals surface area contributed by atoms with Gasteiger partial charge in [0.25, 0.3) is 0 Å². The van der Waals surface area contributed by atoms with Crippen LogP contribution in [0.15, 0.2) is 36.5 Å². The van der Waals surface area contributed by atoms with Crippen molar-refractivity contribution in [3.05, 3.63) is 47.9 Å². The van der Waals surface area contributed by atoms with Crippen molar-refractivity contribution in [1.29, 1.82) is 0 Å². The maximum Gasteiger partial charge on any atom is 0.0815 e. The molecule has 0 bridgehead atoms. The van der Waals surface area contributed by atoms with Crippen LogP contribution < -0.4 is 11.1 Å². The second kappa shape index (κ2) is 4.85. The predicted octanol–water partition coefficient (Wildman–Crippen LogP) is 2.47. The third kappa shape index (κ3) is 2.42. The molecule has 3 N–H and O–H groups in total. The summed E-state index contributed by atoms with van der Waals surface area (Å²) >= 11 is 0. The molecule has 1 aromatic carbocycles. The monoisotopic (exact) mass is 267 g/mol. The number of aryl methyl sites for hydroxylation is 2. The van der Waals surface area contributed by atoms with Crippen molar-refractivity contribution in [2.45, 2.75) is 13.5 Å². The molecule has 0 atom stereocenters. The number of hydrogen-bond donors (Lipinski definition) is 2. The molecule has 3 rings (SSSR count). The van der Waals surface area contributed by atoms with E-state index in [0.29, 0.717) is 6.54 Å². The van der Waals surface area contributed by atoms with Crippen LogP contribution in [-0.2, 0) is 13.6 Å². The Morgan fingerprint density at radius 2 is 2.10 bits per heavy atom. The van der Waals surface area contributed by atoms with Crippen LogP contribution in [0.3, 0.4) is 0 Å².